The van der Waals surface area contributed by atoms with Crippen molar-refractivity contribution in [3.63, 3.8) is 0 Å². The molecule has 1 saturated heterocycles. The minimum absolute atomic E-state index is 0.0161. The molecule has 4 rings (SSSR count). The third-order valence-corrected chi connectivity index (χ3v) is 6.38. The van der Waals surface area contributed by atoms with E-state index in [1.165, 1.54) is 11.1 Å². The van der Waals surface area contributed by atoms with Gasteiger partial charge in [0, 0.05) is 30.8 Å². The lowest BCUT2D eigenvalue weighted by atomic mass is 9.66. The van der Waals surface area contributed by atoms with Gasteiger partial charge in [0.25, 0.3) is 0 Å². The molecule has 0 amide bonds. The van der Waals surface area contributed by atoms with Crippen molar-refractivity contribution < 1.29 is 14.3 Å². The molecule has 2 unspecified atom stereocenters. The van der Waals surface area contributed by atoms with Crippen LogP contribution in [-0.2, 0) is 16.8 Å². The molecule has 1 saturated carbocycles. The van der Waals surface area contributed by atoms with E-state index in [1.807, 2.05) is 12.1 Å². The molecular formula is C23H27NO3. The Bertz CT molecular complexity index is 820. The normalized spacial score (nSPS) is 25.3. The molecule has 4 nitrogen and oxygen atoms in total. The van der Waals surface area contributed by atoms with Crippen LogP contribution in [0.1, 0.15) is 36.8 Å². The van der Waals surface area contributed by atoms with Crippen molar-refractivity contribution in [2.24, 2.45) is 0 Å². The predicted octanol–water partition coefficient (Wildman–Crippen LogP) is 3.97. The summed E-state index contributed by atoms with van der Waals surface area (Å²) in [6.07, 6.45) is 3.30. The van der Waals surface area contributed by atoms with Gasteiger partial charge in [-0.15, -0.1) is 0 Å². The fourth-order valence-corrected chi connectivity index (χ4v) is 4.95. The summed E-state index contributed by atoms with van der Waals surface area (Å²) >= 11 is 0. The van der Waals surface area contributed by atoms with E-state index in [0.29, 0.717) is 18.6 Å². The molecule has 1 aliphatic carbocycles. The van der Waals surface area contributed by atoms with Crippen molar-refractivity contribution in [3.8, 4) is 11.5 Å². The van der Waals surface area contributed by atoms with Gasteiger partial charge in [0.2, 0.25) is 0 Å². The first-order valence-electron chi connectivity index (χ1n) is 9.68. The van der Waals surface area contributed by atoms with Gasteiger partial charge in [-0.25, -0.2) is 0 Å². The number of rotatable bonds is 5. The number of carbonyl (C=O) groups excluding carboxylic acids is 1. The van der Waals surface area contributed by atoms with Gasteiger partial charge in [0.05, 0.1) is 14.2 Å². The summed E-state index contributed by atoms with van der Waals surface area (Å²) < 4.78 is 11.0. The van der Waals surface area contributed by atoms with Crippen LogP contribution in [0.4, 0.5) is 0 Å². The Hall–Kier alpha value is -2.33. The first kappa shape index (κ1) is 18.1. The van der Waals surface area contributed by atoms with Gasteiger partial charge in [-0.1, -0.05) is 36.4 Å². The Morgan fingerprint density at radius 3 is 2.56 bits per heavy atom. The van der Waals surface area contributed by atoms with Gasteiger partial charge in [0.15, 0.2) is 11.5 Å². The zero-order chi connectivity index (χ0) is 18.9. The number of benzene rings is 2. The smallest absolute Gasteiger partial charge is 0.161 e. The molecule has 2 atom stereocenters. The Morgan fingerprint density at radius 2 is 1.81 bits per heavy atom. The fraction of sp³-hybridized carbons (Fsp3) is 0.435. The van der Waals surface area contributed by atoms with Crippen LogP contribution in [0.15, 0.2) is 48.5 Å². The number of methoxy groups -OCH3 is 2. The summed E-state index contributed by atoms with van der Waals surface area (Å²) in [6, 6.07) is 17.1. The minimum atomic E-state index is 0.0161. The molecule has 0 N–H and O–H groups in total. The average molecular weight is 365 g/mol. The van der Waals surface area contributed by atoms with Crippen molar-refractivity contribution in [1.29, 1.82) is 0 Å². The number of fused-ring (bicyclic) bond motifs is 1. The van der Waals surface area contributed by atoms with Crippen LogP contribution >= 0.6 is 0 Å². The molecule has 2 fully saturated rings. The van der Waals surface area contributed by atoms with Gasteiger partial charge in [-0.3, -0.25) is 9.69 Å². The van der Waals surface area contributed by atoms with E-state index in [-0.39, 0.29) is 11.5 Å². The first-order valence-corrected chi connectivity index (χ1v) is 9.68. The van der Waals surface area contributed by atoms with Crippen LogP contribution in [0, 0.1) is 0 Å². The summed E-state index contributed by atoms with van der Waals surface area (Å²) in [4.78, 5) is 14.8. The molecule has 1 aliphatic heterocycles. The molecule has 4 heteroatoms. The molecule has 27 heavy (non-hydrogen) atoms. The summed E-state index contributed by atoms with van der Waals surface area (Å²) in [5, 5.41) is 0. The highest BCUT2D eigenvalue weighted by atomic mass is 16.5. The van der Waals surface area contributed by atoms with Crippen LogP contribution in [0.5, 0.6) is 11.5 Å². The highest BCUT2D eigenvalue weighted by molar-refractivity contribution is 5.81. The zero-order valence-electron chi connectivity index (χ0n) is 16.1. The number of hydrogen-bond donors (Lipinski definition) is 0. The van der Waals surface area contributed by atoms with Crippen LogP contribution in [0.3, 0.4) is 0 Å². The minimum Gasteiger partial charge on any atom is -0.493 e. The predicted molar refractivity (Wildman–Crippen MR) is 105 cm³/mol. The van der Waals surface area contributed by atoms with E-state index in [1.54, 1.807) is 14.2 Å². The van der Waals surface area contributed by atoms with Crippen LogP contribution in [0.25, 0.3) is 0 Å². The topological polar surface area (TPSA) is 38.8 Å². The van der Waals surface area contributed by atoms with E-state index in [9.17, 15) is 4.79 Å². The molecule has 0 aromatic heterocycles. The molecule has 2 aliphatic rings. The number of ketones is 1. The van der Waals surface area contributed by atoms with E-state index >= 15 is 0 Å². The average Bonchev–Trinajstić information content (AvgIpc) is 3.07. The van der Waals surface area contributed by atoms with E-state index in [0.717, 1.165) is 37.4 Å². The Labute approximate surface area is 161 Å². The standard InChI is InChI=1S/C23H27NO3/c1-26-20-9-8-18(14-21(20)27-2)23-11-10-19(25)15-22(23)24(13-12-23)16-17-6-4-3-5-7-17/h3-9,14,22H,10-13,15-16H2,1-2H3. The Morgan fingerprint density at radius 1 is 1.04 bits per heavy atom. The molecule has 1 heterocycles. The second-order valence-electron chi connectivity index (χ2n) is 7.69. The molecule has 0 radical (unpaired) electrons. The monoisotopic (exact) mass is 365 g/mol. The van der Waals surface area contributed by atoms with E-state index < -0.39 is 0 Å². The first-order chi connectivity index (χ1) is 13.2. The van der Waals surface area contributed by atoms with Gasteiger partial charge < -0.3 is 9.47 Å². The second-order valence-corrected chi connectivity index (χ2v) is 7.69. The number of Topliss-reactive ketones (excluding diaryl/α,β-unsaturated/α-hetero) is 1. The maximum Gasteiger partial charge on any atom is 0.161 e. The maximum absolute atomic E-state index is 12.3. The van der Waals surface area contributed by atoms with Crippen molar-refractivity contribution in [3.05, 3.63) is 59.7 Å². The molecule has 0 spiro atoms. The van der Waals surface area contributed by atoms with Gasteiger partial charge >= 0.3 is 0 Å². The van der Waals surface area contributed by atoms with Crippen LogP contribution in [-0.4, -0.2) is 37.5 Å². The van der Waals surface area contributed by atoms with Crippen molar-refractivity contribution in [2.45, 2.75) is 43.7 Å². The van der Waals surface area contributed by atoms with Crippen LogP contribution in [0.2, 0.25) is 0 Å². The molecule has 0 bridgehead atoms. The lowest BCUT2D eigenvalue weighted by Crippen LogP contribution is -2.47. The fourth-order valence-electron chi connectivity index (χ4n) is 4.95. The number of nitrogens with zero attached hydrogens (tertiary/aromatic N) is 1. The summed E-state index contributed by atoms with van der Waals surface area (Å²) in [5.74, 6) is 1.90. The van der Waals surface area contributed by atoms with Crippen molar-refractivity contribution >= 4 is 5.78 Å². The summed E-state index contributed by atoms with van der Waals surface area (Å²) in [7, 11) is 3.34. The number of ether oxygens (including phenoxy) is 2. The summed E-state index contributed by atoms with van der Waals surface area (Å²) in [6.45, 7) is 1.91. The summed E-state index contributed by atoms with van der Waals surface area (Å²) in [5.41, 5.74) is 2.59. The largest absolute Gasteiger partial charge is 0.493 e. The highest BCUT2D eigenvalue weighted by Gasteiger charge is 2.51. The van der Waals surface area contributed by atoms with Crippen molar-refractivity contribution in [2.75, 3.05) is 20.8 Å². The highest BCUT2D eigenvalue weighted by Crippen LogP contribution is 2.49. The van der Waals surface area contributed by atoms with E-state index in [2.05, 4.69) is 41.3 Å². The third kappa shape index (κ3) is 3.23. The maximum atomic E-state index is 12.3. The SMILES string of the molecule is COc1ccc(C23CCC(=O)CC2N(Cc2ccccc2)CC3)cc1OC. The molecular weight excluding hydrogens is 338 g/mol. The molecule has 142 valence electrons. The Balaban J connectivity index is 1.68. The molecule has 2 aromatic rings. The van der Waals surface area contributed by atoms with Gasteiger partial charge in [-0.05, 0) is 42.6 Å². The third-order valence-electron chi connectivity index (χ3n) is 6.38. The molecule has 2 aromatic carbocycles. The second kappa shape index (κ2) is 7.35. The number of likely N-dealkylation sites (tertiary alicyclic amines) is 1. The number of carbonyl (C=O) groups is 1. The lowest BCUT2D eigenvalue weighted by molar-refractivity contribution is -0.123. The van der Waals surface area contributed by atoms with E-state index in [4.69, 9.17) is 9.47 Å². The van der Waals surface area contributed by atoms with Crippen molar-refractivity contribution in [1.82, 2.24) is 4.90 Å². The zero-order valence-corrected chi connectivity index (χ0v) is 16.1. The van der Waals surface area contributed by atoms with Gasteiger partial charge in [0.1, 0.15) is 5.78 Å². The quantitative estimate of drug-likeness (QED) is 0.804. The van der Waals surface area contributed by atoms with Crippen LogP contribution < -0.4 is 9.47 Å². The van der Waals surface area contributed by atoms with Gasteiger partial charge in [-0.2, -0.15) is 0 Å². The Kier molecular flexibility index (Phi) is 4.92. The lowest BCUT2D eigenvalue weighted by Gasteiger charge is -2.42. The number of hydrogen-bond acceptors (Lipinski definition) is 4.